The molecule has 1 aliphatic heterocycles. The first-order valence-electron chi connectivity index (χ1n) is 8.17. The number of aromatic nitrogens is 1. The van der Waals surface area contributed by atoms with Crippen LogP contribution in [0.15, 0.2) is 23.0 Å². The highest BCUT2D eigenvalue weighted by Crippen LogP contribution is 2.14. The van der Waals surface area contributed by atoms with Crippen LogP contribution < -0.4 is 10.3 Å². The van der Waals surface area contributed by atoms with Crippen molar-refractivity contribution in [3.63, 3.8) is 0 Å². The number of esters is 1. The average Bonchev–Trinajstić information content (AvgIpc) is 2.58. The number of aryl methyl sites for hydroxylation is 1. The largest absolute Gasteiger partial charge is 0.465 e. The molecule has 0 spiro atoms. The lowest BCUT2D eigenvalue weighted by atomic mass is 10.0. The van der Waals surface area contributed by atoms with E-state index in [2.05, 4.69) is 4.98 Å². The molecule has 0 aliphatic carbocycles. The number of benzene rings is 1. The molecule has 5 nitrogen and oxygen atoms in total. The van der Waals surface area contributed by atoms with E-state index in [9.17, 15) is 9.59 Å². The molecule has 1 saturated heterocycles. The number of likely N-dealkylation sites (tertiary alicyclic amines) is 1. The summed E-state index contributed by atoms with van der Waals surface area (Å²) in [6.07, 6.45) is 3.75. The van der Waals surface area contributed by atoms with Crippen LogP contribution in [0.4, 0.5) is 0 Å². The van der Waals surface area contributed by atoms with E-state index in [1.807, 2.05) is 6.92 Å². The fourth-order valence-electron chi connectivity index (χ4n) is 3.39. The highest BCUT2D eigenvalue weighted by Gasteiger charge is 2.19. The number of ether oxygens (including phenoxy) is 1. The van der Waals surface area contributed by atoms with E-state index < -0.39 is 5.97 Å². The lowest BCUT2D eigenvalue weighted by Crippen LogP contribution is -3.11. The summed E-state index contributed by atoms with van der Waals surface area (Å²) < 4.78 is 4.75. The molecule has 23 heavy (non-hydrogen) atoms. The van der Waals surface area contributed by atoms with Crippen LogP contribution in [0.5, 0.6) is 0 Å². The van der Waals surface area contributed by atoms with Crippen LogP contribution in [0.2, 0.25) is 0 Å². The number of aromatic amines is 1. The molecule has 1 aromatic heterocycles. The van der Waals surface area contributed by atoms with Crippen molar-refractivity contribution in [2.24, 2.45) is 0 Å². The third-order valence-corrected chi connectivity index (χ3v) is 4.72. The van der Waals surface area contributed by atoms with Crippen LogP contribution in [0, 0.1) is 6.92 Å². The number of pyridine rings is 1. The van der Waals surface area contributed by atoms with E-state index in [0.29, 0.717) is 10.9 Å². The highest BCUT2D eigenvalue weighted by atomic mass is 16.5. The molecule has 0 amide bonds. The van der Waals surface area contributed by atoms with Gasteiger partial charge in [0.1, 0.15) is 6.54 Å². The quantitative estimate of drug-likeness (QED) is 0.837. The van der Waals surface area contributed by atoms with Gasteiger partial charge in [-0.15, -0.1) is 0 Å². The summed E-state index contributed by atoms with van der Waals surface area (Å²) in [6, 6.07) is 5.08. The van der Waals surface area contributed by atoms with Crippen LogP contribution in [0.3, 0.4) is 0 Å². The van der Waals surface area contributed by atoms with E-state index in [1.165, 1.54) is 31.3 Å². The summed E-state index contributed by atoms with van der Waals surface area (Å²) in [6.45, 7) is 4.95. The summed E-state index contributed by atoms with van der Waals surface area (Å²) in [5, 5.41) is 0.560. The maximum atomic E-state index is 12.9. The summed E-state index contributed by atoms with van der Waals surface area (Å²) in [5.41, 5.74) is 2.95. The van der Waals surface area contributed by atoms with E-state index >= 15 is 0 Å². The van der Waals surface area contributed by atoms with Gasteiger partial charge in [0, 0.05) is 16.6 Å². The number of hydrogen-bond donors (Lipinski definition) is 2. The molecule has 1 fully saturated rings. The van der Waals surface area contributed by atoms with Crippen molar-refractivity contribution in [2.45, 2.75) is 32.7 Å². The Morgan fingerprint density at radius 2 is 2.00 bits per heavy atom. The van der Waals surface area contributed by atoms with Gasteiger partial charge in [-0.05, 0) is 44.4 Å². The maximum Gasteiger partial charge on any atom is 0.337 e. The Hall–Kier alpha value is -2.14. The number of H-pyrrole nitrogens is 1. The molecule has 2 aromatic rings. The van der Waals surface area contributed by atoms with Crippen molar-refractivity contribution in [1.29, 1.82) is 0 Å². The molecular weight excluding hydrogens is 292 g/mol. The number of methoxy groups -OCH3 is 1. The first-order valence-corrected chi connectivity index (χ1v) is 8.17. The van der Waals surface area contributed by atoms with Crippen molar-refractivity contribution in [3.05, 3.63) is 45.2 Å². The minimum atomic E-state index is -0.421. The number of quaternary nitrogens is 1. The molecule has 122 valence electrons. The van der Waals surface area contributed by atoms with Gasteiger partial charge in [0.2, 0.25) is 0 Å². The summed E-state index contributed by atoms with van der Waals surface area (Å²) >= 11 is 0. The minimum Gasteiger partial charge on any atom is -0.465 e. The van der Waals surface area contributed by atoms with E-state index in [0.717, 1.165) is 36.4 Å². The molecular formula is C18H23N2O3+. The normalized spacial score (nSPS) is 15.7. The van der Waals surface area contributed by atoms with Crippen LogP contribution in [0.25, 0.3) is 10.9 Å². The van der Waals surface area contributed by atoms with Gasteiger partial charge in [-0.3, -0.25) is 4.79 Å². The monoisotopic (exact) mass is 315 g/mol. The second-order valence-corrected chi connectivity index (χ2v) is 6.30. The van der Waals surface area contributed by atoms with Gasteiger partial charge in [-0.2, -0.15) is 0 Å². The van der Waals surface area contributed by atoms with Crippen LogP contribution in [-0.2, 0) is 11.3 Å². The Balaban J connectivity index is 2.03. The highest BCUT2D eigenvalue weighted by molar-refractivity contribution is 5.94. The molecule has 1 aromatic carbocycles. The Morgan fingerprint density at radius 1 is 1.26 bits per heavy atom. The van der Waals surface area contributed by atoms with Gasteiger partial charge < -0.3 is 14.6 Å². The number of hydrogen-bond acceptors (Lipinski definition) is 3. The van der Waals surface area contributed by atoms with E-state index in [-0.39, 0.29) is 5.43 Å². The van der Waals surface area contributed by atoms with Gasteiger partial charge in [0.15, 0.2) is 5.43 Å². The zero-order valence-corrected chi connectivity index (χ0v) is 13.7. The van der Waals surface area contributed by atoms with Crippen molar-refractivity contribution in [1.82, 2.24) is 4.98 Å². The fourth-order valence-corrected chi connectivity index (χ4v) is 3.39. The van der Waals surface area contributed by atoms with Gasteiger partial charge in [-0.1, -0.05) is 0 Å². The molecule has 2 N–H and O–H groups in total. The van der Waals surface area contributed by atoms with Crippen molar-refractivity contribution < 1.29 is 14.4 Å². The average molecular weight is 315 g/mol. The van der Waals surface area contributed by atoms with Crippen LogP contribution >= 0.6 is 0 Å². The summed E-state index contributed by atoms with van der Waals surface area (Å²) in [7, 11) is 1.34. The zero-order valence-electron chi connectivity index (χ0n) is 13.7. The Kier molecular flexibility index (Phi) is 4.48. The molecule has 3 rings (SSSR count). The molecule has 0 radical (unpaired) electrons. The van der Waals surface area contributed by atoms with Crippen molar-refractivity contribution >= 4 is 16.9 Å². The lowest BCUT2D eigenvalue weighted by molar-refractivity contribution is -0.918. The molecule has 2 heterocycles. The number of fused-ring (bicyclic) bond motifs is 1. The number of carbonyl (C=O) groups is 1. The third kappa shape index (κ3) is 3.15. The summed E-state index contributed by atoms with van der Waals surface area (Å²) in [4.78, 5) is 29.4. The van der Waals surface area contributed by atoms with Gasteiger partial charge in [0.05, 0.1) is 31.3 Å². The predicted molar refractivity (Wildman–Crippen MR) is 88.9 cm³/mol. The van der Waals surface area contributed by atoms with Gasteiger partial charge in [0.25, 0.3) is 0 Å². The topological polar surface area (TPSA) is 63.6 Å². The third-order valence-electron chi connectivity index (χ3n) is 4.72. The van der Waals surface area contributed by atoms with E-state index in [1.54, 1.807) is 18.2 Å². The maximum absolute atomic E-state index is 12.9. The van der Waals surface area contributed by atoms with Crippen LogP contribution in [0.1, 0.15) is 40.9 Å². The lowest BCUT2D eigenvalue weighted by Gasteiger charge is -2.24. The van der Waals surface area contributed by atoms with Gasteiger partial charge >= 0.3 is 5.97 Å². The SMILES string of the molecule is COC(=O)c1ccc2[nH]c(C)c(C[NH+]3CCCCC3)c(=O)c2c1. The zero-order chi connectivity index (χ0) is 16.4. The number of carbonyl (C=O) groups excluding carboxylic acids is 1. The standard InChI is InChI=1S/C18H22N2O3/c1-12-15(11-20-8-4-3-5-9-20)17(21)14-10-13(18(22)23-2)6-7-16(14)19-12/h6-7,10H,3-5,8-9,11H2,1-2H3,(H,19,21)/p+1. The minimum absolute atomic E-state index is 0.0278. The number of nitrogens with one attached hydrogen (secondary N) is 2. The van der Waals surface area contributed by atoms with E-state index in [4.69, 9.17) is 4.74 Å². The second kappa shape index (κ2) is 6.54. The smallest absolute Gasteiger partial charge is 0.337 e. The molecule has 0 saturated carbocycles. The second-order valence-electron chi connectivity index (χ2n) is 6.30. The Morgan fingerprint density at radius 3 is 2.70 bits per heavy atom. The Bertz CT molecular complexity index is 789. The molecule has 0 unspecified atom stereocenters. The van der Waals surface area contributed by atoms with Crippen LogP contribution in [-0.4, -0.2) is 31.2 Å². The number of piperidine rings is 1. The van der Waals surface area contributed by atoms with Crippen molar-refractivity contribution in [2.75, 3.05) is 20.2 Å². The van der Waals surface area contributed by atoms with Gasteiger partial charge in [-0.25, -0.2) is 4.79 Å². The van der Waals surface area contributed by atoms with Crippen molar-refractivity contribution in [3.8, 4) is 0 Å². The first kappa shape index (κ1) is 15.7. The molecule has 0 atom stereocenters. The number of rotatable bonds is 3. The molecule has 0 bridgehead atoms. The summed E-state index contributed by atoms with van der Waals surface area (Å²) in [5.74, 6) is -0.421. The fraction of sp³-hybridized carbons (Fsp3) is 0.444. The Labute approximate surface area is 135 Å². The first-order chi connectivity index (χ1) is 11.1. The molecule has 5 heteroatoms. The molecule has 1 aliphatic rings. The predicted octanol–water partition coefficient (Wildman–Crippen LogP) is 1.19.